The fraction of sp³-hybridized carbons (Fsp3) is 0.143. The van der Waals surface area contributed by atoms with E-state index in [9.17, 15) is 14.0 Å². The normalized spacial score (nSPS) is 10.4. The largest absolute Gasteiger partial charge is 0.466 e. The summed E-state index contributed by atoms with van der Waals surface area (Å²) in [5, 5.41) is 0. The Labute approximate surface area is 252 Å². The number of hydrogen-bond acceptors (Lipinski definition) is 4. The van der Waals surface area contributed by atoms with Gasteiger partial charge in [0.15, 0.2) is 0 Å². The molecule has 6 heteroatoms. The van der Waals surface area contributed by atoms with Crippen molar-refractivity contribution in [1.29, 1.82) is 0 Å². The number of alkyl halides is 1. The third-order valence-electron chi connectivity index (χ3n) is 5.44. The zero-order valence-corrected chi connectivity index (χ0v) is 25.3. The summed E-state index contributed by atoms with van der Waals surface area (Å²) in [4.78, 5) is 21.3. The molecule has 4 nitrogen and oxygen atoms in total. The van der Waals surface area contributed by atoms with Gasteiger partial charge in [0.1, 0.15) is 0 Å². The minimum absolute atomic E-state index is 0.303. The molecule has 0 atom stereocenters. The van der Waals surface area contributed by atoms with Crippen molar-refractivity contribution in [3.63, 3.8) is 0 Å². The van der Waals surface area contributed by atoms with Gasteiger partial charge in [-0.25, -0.2) is 9.59 Å². The standard InChI is InChI=1S/C17H16O2.C12H9Br.C5H8O2.CH3F/c1-13(12-17(18)19-2)14-8-10-16(11-9-14)15-6-4-3-5-7-15;13-12-8-6-11(7-9-12)10-4-2-1-3-5-10;1-3-4-5(6)7-2;1-2/h3-12H,1-2H3;1-9H;3-4H,1-2H3;1H3/b13-12+;;4-3+;/i;;;1D. The molecule has 0 N–H and O–H groups in total. The van der Waals surface area contributed by atoms with E-state index in [4.69, 9.17) is 1.37 Å². The summed E-state index contributed by atoms with van der Waals surface area (Å²) in [5.41, 5.74) is 6.77. The van der Waals surface area contributed by atoms with Crippen LogP contribution < -0.4 is 0 Å². The van der Waals surface area contributed by atoms with Gasteiger partial charge in [-0.2, -0.15) is 0 Å². The van der Waals surface area contributed by atoms with Crippen molar-refractivity contribution in [2.45, 2.75) is 13.8 Å². The number of allylic oxidation sites excluding steroid dienone is 2. The molecule has 4 aromatic carbocycles. The number of halogens is 2. The van der Waals surface area contributed by atoms with Crippen LogP contribution in [-0.4, -0.2) is 33.3 Å². The van der Waals surface area contributed by atoms with E-state index in [0.29, 0.717) is 0 Å². The van der Waals surface area contributed by atoms with Gasteiger partial charge in [-0.1, -0.05) is 119 Å². The number of rotatable bonds is 5. The Hall–Kier alpha value is -4.29. The quantitative estimate of drug-likeness (QED) is 0.165. The minimum atomic E-state index is -1.00. The van der Waals surface area contributed by atoms with Gasteiger partial charge in [-0.3, -0.25) is 4.39 Å². The number of esters is 2. The molecule has 0 bridgehead atoms. The fourth-order valence-electron chi connectivity index (χ4n) is 3.35. The molecule has 4 rings (SSSR count). The van der Waals surface area contributed by atoms with Crippen LogP contribution in [0.1, 0.15) is 20.8 Å². The molecule has 214 valence electrons. The molecule has 0 saturated carbocycles. The maximum Gasteiger partial charge on any atom is 0.330 e. The second kappa shape index (κ2) is 20.6. The van der Waals surface area contributed by atoms with E-state index in [2.05, 4.69) is 98.2 Å². The third kappa shape index (κ3) is 13.6. The van der Waals surface area contributed by atoms with E-state index in [-0.39, 0.29) is 11.9 Å². The molecule has 0 spiro atoms. The Morgan fingerprint density at radius 2 is 1.10 bits per heavy atom. The maximum atomic E-state index is 11.2. The highest BCUT2D eigenvalue weighted by molar-refractivity contribution is 9.10. The number of hydrogen-bond donors (Lipinski definition) is 0. The van der Waals surface area contributed by atoms with Gasteiger partial charge in [-0.05, 0) is 59.4 Å². The second-order valence-corrected chi connectivity index (χ2v) is 9.11. The number of benzene rings is 4. The highest BCUT2D eigenvalue weighted by atomic mass is 79.9. The van der Waals surface area contributed by atoms with E-state index in [1.54, 1.807) is 13.0 Å². The predicted octanol–water partition coefficient (Wildman–Crippen LogP) is 9.37. The smallest absolute Gasteiger partial charge is 0.330 e. The van der Waals surface area contributed by atoms with Gasteiger partial charge in [0.25, 0.3) is 0 Å². The molecule has 4 aromatic rings. The Morgan fingerprint density at radius 3 is 1.46 bits per heavy atom. The molecule has 0 aromatic heterocycles. The summed E-state index contributed by atoms with van der Waals surface area (Å²) in [6, 6.07) is 37.0. The van der Waals surface area contributed by atoms with Crippen LogP contribution in [0.3, 0.4) is 0 Å². The molecule has 41 heavy (non-hydrogen) atoms. The van der Waals surface area contributed by atoms with Crippen LogP contribution in [0.5, 0.6) is 0 Å². The first-order valence-corrected chi connectivity index (χ1v) is 13.4. The molecule has 0 radical (unpaired) electrons. The first-order chi connectivity index (χ1) is 20.3. The zero-order chi connectivity index (χ0) is 31.2. The third-order valence-corrected chi connectivity index (χ3v) is 5.97. The minimum Gasteiger partial charge on any atom is -0.466 e. The van der Waals surface area contributed by atoms with Gasteiger partial charge >= 0.3 is 11.9 Å². The highest BCUT2D eigenvalue weighted by Gasteiger charge is 2.01. The monoisotopic (exact) mass is 619 g/mol. The molecular weight excluding hydrogens is 583 g/mol. The van der Waals surface area contributed by atoms with Crippen LogP contribution in [0.25, 0.3) is 27.8 Å². The Bertz CT molecular complexity index is 1370. The van der Waals surface area contributed by atoms with Crippen molar-refractivity contribution in [1.82, 2.24) is 0 Å². The molecule has 0 heterocycles. The topological polar surface area (TPSA) is 52.6 Å². The molecule has 0 amide bonds. The second-order valence-electron chi connectivity index (χ2n) is 8.19. The molecule has 0 aliphatic rings. The van der Waals surface area contributed by atoms with Gasteiger partial charge < -0.3 is 9.47 Å². The molecule has 0 aliphatic carbocycles. The number of ether oxygens (including phenoxy) is 2. The van der Waals surface area contributed by atoms with E-state index in [1.807, 2.05) is 43.3 Å². The summed E-state index contributed by atoms with van der Waals surface area (Å²) in [6.07, 6.45) is 4.49. The first kappa shape index (κ1) is 32.9. The van der Waals surface area contributed by atoms with Gasteiger partial charge in [0.2, 0.25) is 0 Å². The average molecular weight is 621 g/mol. The van der Waals surface area contributed by atoms with E-state index >= 15 is 0 Å². The summed E-state index contributed by atoms with van der Waals surface area (Å²) >= 11 is 3.42. The summed E-state index contributed by atoms with van der Waals surface area (Å²) in [5.74, 6) is -0.632. The summed E-state index contributed by atoms with van der Waals surface area (Å²) < 4.78 is 25.5. The Morgan fingerprint density at radius 1 is 0.707 bits per heavy atom. The van der Waals surface area contributed by atoms with Crippen molar-refractivity contribution in [3.05, 3.63) is 137 Å². The van der Waals surface area contributed by atoms with Gasteiger partial charge in [0.05, 0.1) is 22.7 Å². The van der Waals surface area contributed by atoms with Crippen LogP contribution in [0, 0.1) is 0 Å². The van der Waals surface area contributed by atoms with Crippen molar-refractivity contribution >= 4 is 33.4 Å². The van der Waals surface area contributed by atoms with E-state index < -0.39 is 7.15 Å². The summed E-state index contributed by atoms with van der Waals surface area (Å²) in [7, 11) is 1.73. The Kier molecular flexibility index (Phi) is 16.5. The highest BCUT2D eigenvalue weighted by Crippen LogP contribution is 2.22. The molecule has 0 aliphatic heterocycles. The lowest BCUT2D eigenvalue weighted by Crippen LogP contribution is -1.95. The lowest BCUT2D eigenvalue weighted by Gasteiger charge is -2.05. The first-order valence-electron chi connectivity index (χ1n) is 13.3. The van der Waals surface area contributed by atoms with Crippen molar-refractivity contribution in [2.75, 3.05) is 21.4 Å². The lowest BCUT2D eigenvalue weighted by atomic mass is 10.0. The van der Waals surface area contributed by atoms with Crippen LogP contribution in [0.15, 0.2) is 132 Å². The maximum absolute atomic E-state index is 11.2. The summed E-state index contributed by atoms with van der Waals surface area (Å²) in [6.45, 7) is 3.66. The van der Waals surface area contributed by atoms with E-state index in [0.717, 1.165) is 21.2 Å². The SMILES string of the molecule is Brc1ccc(-c2ccccc2)cc1.C/C=C/C(=O)OC.COC(=O)/C=C(\C)c1ccc(-c2ccccc2)cc1.[2H]CF. The molecule has 0 unspecified atom stereocenters. The number of carbonyl (C=O) groups excluding carboxylic acids is 2. The van der Waals surface area contributed by atoms with Crippen molar-refractivity contribution in [2.24, 2.45) is 0 Å². The van der Waals surface area contributed by atoms with Gasteiger partial charge in [-0.15, -0.1) is 0 Å². The fourth-order valence-corrected chi connectivity index (χ4v) is 3.62. The average Bonchev–Trinajstić information content (AvgIpc) is 3.03. The zero-order valence-electron chi connectivity index (χ0n) is 24.7. The van der Waals surface area contributed by atoms with Crippen molar-refractivity contribution < 1.29 is 24.8 Å². The van der Waals surface area contributed by atoms with Crippen LogP contribution in [0.4, 0.5) is 4.39 Å². The van der Waals surface area contributed by atoms with Crippen LogP contribution in [0.2, 0.25) is 0 Å². The van der Waals surface area contributed by atoms with Crippen LogP contribution in [-0.2, 0) is 19.1 Å². The van der Waals surface area contributed by atoms with E-state index in [1.165, 1.54) is 43.1 Å². The van der Waals surface area contributed by atoms with Crippen molar-refractivity contribution in [3.8, 4) is 22.3 Å². The molecule has 0 fully saturated rings. The van der Waals surface area contributed by atoms with Gasteiger partial charge in [0, 0.05) is 16.6 Å². The number of carbonyl (C=O) groups is 2. The molecular formula is C35H36BrFO4. The molecule has 0 saturated heterocycles. The number of methoxy groups -OCH3 is 2. The van der Waals surface area contributed by atoms with Crippen LogP contribution >= 0.6 is 15.9 Å². The Balaban J connectivity index is 0.000000331. The predicted molar refractivity (Wildman–Crippen MR) is 171 cm³/mol. The lowest BCUT2D eigenvalue weighted by molar-refractivity contribution is -0.135.